The second kappa shape index (κ2) is 3.90. The van der Waals surface area contributed by atoms with Crippen molar-refractivity contribution in [1.82, 2.24) is 10.2 Å². The van der Waals surface area contributed by atoms with Crippen molar-refractivity contribution in [2.24, 2.45) is 0 Å². The first-order chi connectivity index (χ1) is 7.59. The number of nitro groups is 1. The Bertz CT molecular complexity index is 538. The quantitative estimate of drug-likeness (QED) is 0.649. The van der Waals surface area contributed by atoms with Gasteiger partial charge in [-0.1, -0.05) is 11.6 Å². The predicted octanol–water partition coefficient (Wildman–Crippen LogP) is 2.78. The van der Waals surface area contributed by atoms with E-state index in [0.717, 1.165) is 0 Å². The Morgan fingerprint density at radius 2 is 2.00 bits per heavy atom. The summed E-state index contributed by atoms with van der Waals surface area (Å²) < 4.78 is 12.7. The van der Waals surface area contributed by atoms with Crippen LogP contribution in [0.2, 0.25) is 5.15 Å². The maximum atomic E-state index is 12.7. The standard InChI is InChI=1S/C9H5ClFN3O2/c10-9-8(14(15)16)7(12-13-9)5-1-3-6(11)4-2-5/h1-4H,(H,12,13). The lowest BCUT2D eigenvalue weighted by Crippen LogP contribution is -1.90. The Morgan fingerprint density at radius 3 is 2.56 bits per heavy atom. The minimum atomic E-state index is -0.634. The number of rotatable bonds is 2. The monoisotopic (exact) mass is 241 g/mol. The molecular weight excluding hydrogens is 237 g/mol. The Kier molecular flexibility index (Phi) is 2.57. The van der Waals surface area contributed by atoms with Crippen molar-refractivity contribution in [3.05, 3.63) is 45.4 Å². The number of benzene rings is 1. The first-order valence-corrected chi connectivity index (χ1v) is 4.61. The van der Waals surface area contributed by atoms with E-state index in [1.54, 1.807) is 0 Å². The third-order valence-corrected chi connectivity index (χ3v) is 2.26. The van der Waals surface area contributed by atoms with Crippen molar-refractivity contribution in [3.8, 4) is 11.3 Å². The molecule has 0 saturated heterocycles. The van der Waals surface area contributed by atoms with Gasteiger partial charge in [-0.2, -0.15) is 5.10 Å². The van der Waals surface area contributed by atoms with Crippen LogP contribution in [0.5, 0.6) is 0 Å². The lowest BCUT2D eigenvalue weighted by molar-refractivity contribution is -0.384. The summed E-state index contributed by atoms with van der Waals surface area (Å²) >= 11 is 5.59. The van der Waals surface area contributed by atoms with Crippen LogP contribution in [-0.2, 0) is 0 Å². The van der Waals surface area contributed by atoms with Crippen LogP contribution in [0, 0.1) is 15.9 Å². The fraction of sp³-hybridized carbons (Fsp3) is 0. The van der Waals surface area contributed by atoms with Crippen LogP contribution in [0.3, 0.4) is 0 Å². The number of aromatic amines is 1. The molecule has 0 bridgehead atoms. The van der Waals surface area contributed by atoms with Crippen LogP contribution in [0.15, 0.2) is 24.3 Å². The molecule has 2 aromatic rings. The molecular formula is C9H5ClFN3O2. The molecule has 5 nitrogen and oxygen atoms in total. The number of hydrogen-bond acceptors (Lipinski definition) is 3. The summed E-state index contributed by atoms with van der Waals surface area (Å²) in [5.74, 6) is -0.423. The van der Waals surface area contributed by atoms with E-state index in [1.807, 2.05) is 0 Å². The van der Waals surface area contributed by atoms with Crippen LogP contribution >= 0.6 is 11.6 Å². The van der Waals surface area contributed by atoms with E-state index in [2.05, 4.69) is 10.2 Å². The first kappa shape index (κ1) is 10.6. The summed E-state index contributed by atoms with van der Waals surface area (Å²) in [5.41, 5.74) is 0.208. The molecule has 1 aromatic heterocycles. The zero-order chi connectivity index (χ0) is 11.7. The van der Waals surface area contributed by atoms with E-state index >= 15 is 0 Å². The van der Waals surface area contributed by atoms with Crippen molar-refractivity contribution in [3.63, 3.8) is 0 Å². The molecule has 1 heterocycles. The average Bonchev–Trinajstić information content (AvgIpc) is 2.61. The number of aromatic nitrogens is 2. The molecule has 2 rings (SSSR count). The van der Waals surface area contributed by atoms with E-state index in [4.69, 9.17) is 11.6 Å². The highest BCUT2D eigenvalue weighted by Crippen LogP contribution is 2.33. The van der Waals surface area contributed by atoms with Gasteiger partial charge in [-0.25, -0.2) is 4.39 Å². The molecule has 0 atom stereocenters. The molecule has 7 heteroatoms. The molecule has 0 spiro atoms. The molecule has 0 aliphatic rings. The minimum absolute atomic E-state index is 0.0926. The number of H-pyrrole nitrogens is 1. The van der Waals surface area contributed by atoms with Crippen LogP contribution < -0.4 is 0 Å². The normalized spacial score (nSPS) is 10.4. The van der Waals surface area contributed by atoms with Crippen molar-refractivity contribution in [1.29, 1.82) is 0 Å². The average molecular weight is 242 g/mol. The summed E-state index contributed by atoms with van der Waals surface area (Å²) in [5, 5.41) is 16.6. The largest absolute Gasteiger partial charge is 0.333 e. The Hall–Kier alpha value is -1.95. The third-order valence-electron chi connectivity index (χ3n) is 2.00. The number of nitrogens with one attached hydrogen (secondary N) is 1. The zero-order valence-electron chi connectivity index (χ0n) is 7.78. The second-order valence-electron chi connectivity index (χ2n) is 3.00. The van der Waals surface area contributed by atoms with E-state index in [1.165, 1.54) is 24.3 Å². The Balaban J connectivity index is 2.56. The van der Waals surface area contributed by atoms with Gasteiger partial charge in [0.05, 0.1) is 4.92 Å². The van der Waals surface area contributed by atoms with Gasteiger partial charge in [-0.3, -0.25) is 15.2 Å². The van der Waals surface area contributed by atoms with E-state index in [9.17, 15) is 14.5 Å². The predicted molar refractivity (Wildman–Crippen MR) is 55.6 cm³/mol. The van der Waals surface area contributed by atoms with Crippen LogP contribution in [0.25, 0.3) is 11.3 Å². The maximum absolute atomic E-state index is 12.7. The molecule has 0 fully saturated rings. The summed E-state index contributed by atoms with van der Waals surface area (Å²) in [6.45, 7) is 0. The Labute approximate surface area is 94.0 Å². The second-order valence-corrected chi connectivity index (χ2v) is 3.38. The molecule has 0 aliphatic heterocycles. The van der Waals surface area contributed by atoms with Gasteiger partial charge in [0, 0.05) is 5.56 Å². The van der Waals surface area contributed by atoms with E-state index < -0.39 is 10.7 Å². The van der Waals surface area contributed by atoms with Crippen molar-refractivity contribution >= 4 is 17.3 Å². The summed E-state index contributed by atoms with van der Waals surface area (Å²) in [6.07, 6.45) is 0. The van der Waals surface area contributed by atoms with Crippen molar-refractivity contribution < 1.29 is 9.31 Å². The lowest BCUT2D eigenvalue weighted by atomic mass is 10.1. The molecule has 82 valence electrons. The topological polar surface area (TPSA) is 71.8 Å². The van der Waals surface area contributed by atoms with Crippen LogP contribution in [0.4, 0.5) is 10.1 Å². The van der Waals surface area contributed by atoms with Gasteiger partial charge in [0.15, 0.2) is 5.69 Å². The maximum Gasteiger partial charge on any atom is 0.333 e. The third kappa shape index (κ3) is 1.74. The SMILES string of the molecule is O=[N+]([O-])c1c(-c2ccc(F)cc2)n[nH]c1Cl. The summed E-state index contributed by atoms with van der Waals surface area (Å²) in [7, 11) is 0. The van der Waals surface area contributed by atoms with Crippen LogP contribution in [0.1, 0.15) is 0 Å². The highest BCUT2D eigenvalue weighted by atomic mass is 35.5. The summed E-state index contributed by atoms with van der Waals surface area (Å²) in [6, 6.07) is 5.19. The van der Waals surface area contributed by atoms with E-state index in [0.29, 0.717) is 5.56 Å². The molecule has 1 N–H and O–H groups in total. The van der Waals surface area contributed by atoms with E-state index in [-0.39, 0.29) is 16.5 Å². The molecule has 0 aliphatic carbocycles. The van der Waals surface area contributed by atoms with Gasteiger partial charge >= 0.3 is 5.69 Å². The Morgan fingerprint density at radius 1 is 1.38 bits per heavy atom. The molecule has 0 saturated carbocycles. The molecule has 16 heavy (non-hydrogen) atoms. The van der Waals surface area contributed by atoms with Crippen molar-refractivity contribution in [2.75, 3.05) is 0 Å². The van der Waals surface area contributed by atoms with Gasteiger partial charge < -0.3 is 0 Å². The fourth-order valence-electron chi connectivity index (χ4n) is 1.29. The summed E-state index contributed by atoms with van der Waals surface area (Å²) in [4.78, 5) is 10.1. The first-order valence-electron chi connectivity index (χ1n) is 4.24. The van der Waals surface area contributed by atoms with Crippen molar-refractivity contribution in [2.45, 2.75) is 0 Å². The molecule has 1 aromatic carbocycles. The minimum Gasteiger partial charge on any atom is -0.261 e. The van der Waals surface area contributed by atoms with Crippen LogP contribution in [-0.4, -0.2) is 15.1 Å². The van der Waals surface area contributed by atoms with Gasteiger partial charge in [-0.05, 0) is 24.3 Å². The smallest absolute Gasteiger partial charge is 0.261 e. The highest BCUT2D eigenvalue weighted by Gasteiger charge is 2.23. The molecule has 0 radical (unpaired) electrons. The highest BCUT2D eigenvalue weighted by molar-refractivity contribution is 6.32. The lowest BCUT2D eigenvalue weighted by Gasteiger charge is -1.96. The number of halogens is 2. The van der Waals surface area contributed by atoms with Gasteiger partial charge in [0.2, 0.25) is 5.15 Å². The van der Waals surface area contributed by atoms with Gasteiger partial charge in [0.1, 0.15) is 5.82 Å². The van der Waals surface area contributed by atoms with Gasteiger partial charge in [-0.15, -0.1) is 0 Å². The number of hydrogen-bond donors (Lipinski definition) is 1. The zero-order valence-corrected chi connectivity index (χ0v) is 8.53. The number of nitrogens with zero attached hydrogens (tertiary/aromatic N) is 2. The fourth-order valence-corrected chi connectivity index (χ4v) is 1.49. The molecule has 0 amide bonds. The molecule has 0 unspecified atom stereocenters. The van der Waals surface area contributed by atoms with Gasteiger partial charge in [0.25, 0.3) is 0 Å².